The number of rotatable bonds is 7. The summed E-state index contributed by atoms with van der Waals surface area (Å²) in [4.78, 5) is 22.2. The Morgan fingerprint density at radius 1 is 1.15 bits per heavy atom. The van der Waals surface area contributed by atoms with Crippen molar-refractivity contribution in [3.05, 3.63) is 47.8 Å². The Kier molecular flexibility index (Phi) is 6.51. The maximum atomic E-state index is 12.6. The standard InChI is InChI=1S/C17H20F3N5O/c1-25(2)11-3-9-21-15(26)14-8-10-22-16(24-14)23-13-6-4-12(5-7-13)17(18,19)20/h4-8,10H,3,9,11H2,1-2H3,(H,21,26)(H,22,23,24). The fourth-order valence-corrected chi connectivity index (χ4v) is 2.10. The molecule has 2 N–H and O–H groups in total. The van der Waals surface area contributed by atoms with Crippen LogP contribution in [-0.4, -0.2) is 48.0 Å². The molecule has 0 spiro atoms. The molecule has 0 unspecified atom stereocenters. The number of aromatic nitrogens is 2. The summed E-state index contributed by atoms with van der Waals surface area (Å²) in [7, 11) is 3.90. The molecule has 0 aliphatic carbocycles. The Balaban J connectivity index is 1.97. The van der Waals surface area contributed by atoms with E-state index in [1.54, 1.807) is 0 Å². The van der Waals surface area contributed by atoms with Crippen molar-refractivity contribution in [3.8, 4) is 0 Å². The van der Waals surface area contributed by atoms with Crippen LogP contribution >= 0.6 is 0 Å². The fraction of sp³-hybridized carbons (Fsp3) is 0.353. The van der Waals surface area contributed by atoms with Crippen molar-refractivity contribution in [1.29, 1.82) is 0 Å². The van der Waals surface area contributed by atoms with Crippen LogP contribution in [0, 0.1) is 0 Å². The normalized spacial score (nSPS) is 11.5. The lowest BCUT2D eigenvalue weighted by Gasteiger charge is -2.10. The Bertz CT molecular complexity index is 732. The van der Waals surface area contributed by atoms with E-state index in [0.29, 0.717) is 12.2 Å². The number of alkyl halides is 3. The predicted molar refractivity (Wildman–Crippen MR) is 92.3 cm³/mol. The van der Waals surface area contributed by atoms with Crippen LogP contribution in [0.1, 0.15) is 22.5 Å². The summed E-state index contributed by atoms with van der Waals surface area (Å²) >= 11 is 0. The maximum absolute atomic E-state index is 12.6. The monoisotopic (exact) mass is 367 g/mol. The van der Waals surface area contributed by atoms with Gasteiger partial charge in [-0.15, -0.1) is 0 Å². The lowest BCUT2D eigenvalue weighted by molar-refractivity contribution is -0.137. The minimum atomic E-state index is -4.39. The molecule has 0 saturated carbocycles. The van der Waals surface area contributed by atoms with Crippen LogP contribution in [0.25, 0.3) is 0 Å². The Morgan fingerprint density at radius 2 is 1.85 bits per heavy atom. The molecule has 0 atom stereocenters. The second kappa shape index (κ2) is 8.61. The van der Waals surface area contributed by atoms with Gasteiger partial charge in [0, 0.05) is 18.4 Å². The van der Waals surface area contributed by atoms with E-state index in [1.807, 2.05) is 19.0 Å². The van der Waals surface area contributed by atoms with Crippen molar-refractivity contribution in [2.45, 2.75) is 12.6 Å². The average molecular weight is 367 g/mol. The van der Waals surface area contributed by atoms with Gasteiger partial charge in [-0.05, 0) is 57.4 Å². The summed E-state index contributed by atoms with van der Waals surface area (Å²) in [5, 5.41) is 5.54. The first-order valence-electron chi connectivity index (χ1n) is 7.96. The number of carbonyl (C=O) groups is 1. The van der Waals surface area contributed by atoms with Crippen molar-refractivity contribution in [3.63, 3.8) is 0 Å². The SMILES string of the molecule is CN(C)CCCNC(=O)c1ccnc(Nc2ccc(C(F)(F)F)cc2)n1. The van der Waals surface area contributed by atoms with Crippen molar-refractivity contribution in [2.24, 2.45) is 0 Å². The van der Waals surface area contributed by atoms with Crippen LogP contribution in [0.5, 0.6) is 0 Å². The Hall–Kier alpha value is -2.68. The van der Waals surface area contributed by atoms with Gasteiger partial charge in [0.25, 0.3) is 5.91 Å². The van der Waals surface area contributed by atoms with Gasteiger partial charge in [0.1, 0.15) is 5.69 Å². The van der Waals surface area contributed by atoms with E-state index >= 15 is 0 Å². The topological polar surface area (TPSA) is 70.2 Å². The van der Waals surface area contributed by atoms with Crippen LogP contribution in [-0.2, 0) is 6.18 Å². The molecule has 0 aliphatic heterocycles. The van der Waals surface area contributed by atoms with E-state index in [0.717, 1.165) is 25.1 Å². The van der Waals surface area contributed by atoms with Gasteiger partial charge in [-0.25, -0.2) is 9.97 Å². The molecule has 1 heterocycles. The molecule has 140 valence electrons. The number of carbonyl (C=O) groups excluding carboxylic acids is 1. The minimum Gasteiger partial charge on any atom is -0.351 e. The van der Waals surface area contributed by atoms with Crippen molar-refractivity contribution < 1.29 is 18.0 Å². The van der Waals surface area contributed by atoms with Gasteiger partial charge < -0.3 is 15.5 Å². The quantitative estimate of drug-likeness (QED) is 0.737. The number of nitrogens with one attached hydrogen (secondary N) is 2. The first kappa shape index (κ1) is 19.6. The molecule has 0 fully saturated rings. The predicted octanol–water partition coefficient (Wildman–Crippen LogP) is 2.92. The smallest absolute Gasteiger partial charge is 0.351 e. The van der Waals surface area contributed by atoms with Gasteiger partial charge in [0.15, 0.2) is 0 Å². The molecule has 26 heavy (non-hydrogen) atoms. The number of hydrogen-bond acceptors (Lipinski definition) is 5. The summed E-state index contributed by atoms with van der Waals surface area (Å²) in [6, 6.07) is 5.95. The van der Waals surface area contributed by atoms with Gasteiger partial charge >= 0.3 is 6.18 Å². The number of benzene rings is 1. The molecule has 9 heteroatoms. The van der Waals surface area contributed by atoms with E-state index in [4.69, 9.17) is 0 Å². The van der Waals surface area contributed by atoms with Gasteiger partial charge in [-0.2, -0.15) is 13.2 Å². The summed E-state index contributed by atoms with van der Waals surface area (Å²) in [6.07, 6.45) is -2.17. The molecular formula is C17H20F3N5O. The summed E-state index contributed by atoms with van der Waals surface area (Å²) in [6.45, 7) is 1.37. The van der Waals surface area contributed by atoms with Gasteiger partial charge in [-0.3, -0.25) is 4.79 Å². The van der Waals surface area contributed by atoms with E-state index < -0.39 is 11.7 Å². The highest BCUT2D eigenvalue weighted by Gasteiger charge is 2.29. The van der Waals surface area contributed by atoms with Crippen LogP contribution in [0.2, 0.25) is 0 Å². The molecule has 6 nitrogen and oxygen atoms in total. The van der Waals surface area contributed by atoms with E-state index in [2.05, 4.69) is 20.6 Å². The third-order valence-electron chi connectivity index (χ3n) is 3.42. The third kappa shape index (κ3) is 5.99. The molecule has 0 aliphatic rings. The van der Waals surface area contributed by atoms with Crippen LogP contribution < -0.4 is 10.6 Å². The van der Waals surface area contributed by atoms with Crippen molar-refractivity contribution in [1.82, 2.24) is 20.2 Å². The summed E-state index contributed by atoms with van der Waals surface area (Å²) in [5.41, 5.74) is -0.171. The number of amides is 1. The molecule has 0 saturated heterocycles. The first-order valence-corrected chi connectivity index (χ1v) is 7.96. The molecule has 1 aromatic heterocycles. The molecule has 2 rings (SSSR count). The molecule has 0 radical (unpaired) electrons. The zero-order valence-corrected chi connectivity index (χ0v) is 14.5. The zero-order chi connectivity index (χ0) is 19.2. The first-order chi connectivity index (χ1) is 12.3. The fourth-order valence-electron chi connectivity index (χ4n) is 2.10. The second-order valence-corrected chi connectivity index (χ2v) is 5.88. The number of halogens is 3. The van der Waals surface area contributed by atoms with Crippen molar-refractivity contribution in [2.75, 3.05) is 32.5 Å². The highest BCUT2D eigenvalue weighted by molar-refractivity contribution is 5.92. The lowest BCUT2D eigenvalue weighted by Crippen LogP contribution is -2.28. The van der Waals surface area contributed by atoms with Crippen LogP contribution in [0.15, 0.2) is 36.5 Å². The van der Waals surface area contributed by atoms with Crippen LogP contribution in [0.3, 0.4) is 0 Å². The number of hydrogen-bond donors (Lipinski definition) is 2. The lowest BCUT2D eigenvalue weighted by atomic mass is 10.2. The molecule has 1 amide bonds. The molecule has 2 aromatic rings. The summed E-state index contributed by atoms with van der Waals surface area (Å²) < 4.78 is 37.7. The van der Waals surface area contributed by atoms with E-state index in [-0.39, 0.29) is 17.5 Å². The summed E-state index contributed by atoms with van der Waals surface area (Å²) in [5.74, 6) is -0.202. The largest absolute Gasteiger partial charge is 0.416 e. The second-order valence-electron chi connectivity index (χ2n) is 5.88. The Morgan fingerprint density at radius 3 is 2.46 bits per heavy atom. The highest BCUT2D eigenvalue weighted by atomic mass is 19.4. The number of anilines is 2. The Labute approximate surface area is 149 Å². The third-order valence-corrected chi connectivity index (χ3v) is 3.42. The molecular weight excluding hydrogens is 347 g/mol. The van der Waals surface area contributed by atoms with E-state index in [1.165, 1.54) is 24.4 Å². The van der Waals surface area contributed by atoms with Gasteiger partial charge in [0.05, 0.1) is 5.56 Å². The van der Waals surface area contributed by atoms with Gasteiger partial charge in [-0.1, -0.05) is 0 Å². The maximum Gasteiger partial charge on any atom is 0.416 e. The minimum absolute atomic E-state index is 0.130. The van der Waals surface area contributed by atoms with Gasteiger partial charge in [0.2, 0.25) is 5.95 Å². The molecule has 1 aromatic carbocycles. The van der Waals surface area contributed by atoms with E-state index in [9.17, 15) is 18.0 Å². The average Bonchev–Trinajstić information content (AvgIpc) is 2.58. The van der Waals surface area contributed by atoms with Crippen LogP contribution in [0.4, 0.5) is 24.8 Å². The van der Waals surface area contributed by atoms with Crippen molar-refractivity contribution >= 4 is 17.5 Å². The number of nitrogens with zero attached hydrogens (tertiary/aromatic N) is 3. The zero-order valence-electron chi connectivity index (χ0n) is 14.5. The highest BCUT2D eigenvalue weighted by Crippen LogP contribution is 2.30. The molecule has 0 bridgehead atoms.